The van der Waals surface area contributed by atoms with E-state index in [-0.39, 0.29) is 63.7 Å². The minimum Gasteiger partial charge on any atom is -1.00 e. The average Bonchev–Trinajstić information content (AvgIpc) is 3.45. The fourth-order valence-corrected chi connectivity index (χ4v) is 5.82. The van der Waals surface area contributed by atoms with Gasteiger partial charge in [-0.2, -0.15) is 13.2 Å². The summed E-state index contributed by atoms with van der Waals surface area (Å²) in [5, 5.41) is 23.9. The van der Waals surface area contributed by atoms with E-state index in [1.165, 1.54) is 17.5 Å². The number of rotatable bonds is 6. The number of nitrogens with one attached hydrogen (secondary N) is 1. The number of thiazole rings is 2. The number of thioether (sulfide) groups is 1. The molecule has 2 aromatic rings. The molecule has 2 aromatic heterocycles. The normalized spacial score (nSPS) is 20.1. The van der Waals surface area contributed by atoms with Crippen LogP contribution in [0.4, 0.5) is 18.3 Å². The van der Waals surface area contributed by atoms with Crippen LogP contribution in [0, 0.1) is 0 Å². The first-order valence-electron chi connectivity index (χ1n) is 9.37. The summed E-state index contributed by atoms with van der Waals surface area (Å²) in [6.45, 7) is 0. The Morgan fingerprint density at radius 2 is 2.08 bits per heavy atom. The fourth-order valence-electron chi connectivity index (χ4n) is 3.27. The van der Waals surface area contributed by atoms with Gasteiger partial charge in [-0.05, 0) is 11.6 Å². The first-order valence-corrected chi connectivity index (χ1v) is 12.1. The maximum absolute atomic E-state index is 12.7. The predicted molar refractivity (Wildman–Crippen MR) is 122 cm³/mol. The molecule has 1 unspecified atom stereocenters. The van der Waals surface area contributed by atoms with E-state index < -0.39 is 46.1 Å². The number of nitrogen functional groups attached to an aromatic ring is 1. The van der Waals surface area contributed by atoms with Crippen molar-refractivity contribution in [1.82, 2.24) is 20.2 Å². The molecular formula is C18H14F3N6NaO5S3. The number of carbonyl (C=O) groups excluding carboxylic acids is 2. The first-order chi connectivity index (χ1) is 16.5. The Balaban J connectivity index is 0.00000241. The van der Waals surface area contributed by atoms with Gasteiger partial charge >= 0.3 is 41.7 Å². The number of anilines is 1. The van der Waals surface area contributed by atoms with Gasteiger partial charge in [0.2, 0.25) is 0 Å². The molecule has 1 fully saturated rings. The second-order valence-electron chi connectivity index (χ2n) is 6.96. The monoisotopic (exact) mass is 570 g/mol. The van der Waals surface area contributed by atoms with Crippen molar-refractivity contribution in [3.05, 3.63) is 44.5 Å². The van der Waals surface area contributed by atoms with Crippen molar-refractivity contribution in [2.75, 3.05) is 11.5 Å². The molecule has 2 atom stereocenters. The number of hydrogen-bond donors (Lipinski definition) is 4. The van der Waals surface area contributed by atoms with E-state index in [0.717, 1.165) is 34.2 Å². The zero-order valence-corrected chi connectivity index (χ0v) is 22.5. The van der Waals surface area contributed by atoms with Gasteiger partial charge in [0.1, 0.15) is 22.8 Å². The summed E-state index contributed by atoms with van der Waals surface area (Å²) < 4.78 is 38.2. The molecule has 18 heteroatoms. The van der Waals surface area contributed by atoms with Crippen LogP contribution in [0.5, 0.6) is 0 Å². The molecule has 0 bridgehead atoms. The molecule has 2 amide bonds. The molecule has 4 rings (SSSR count). The van der Waals surface area contributed by atoms with Gasteiger partial charge in [0, 0.05) is 22.2 Å². The van der Waals surface area contributed by atoms with Crippen LogP contribution in [0.25, 0.3) is 6.08 Å². The van der Waals surface area contributed by atoms with Crippen molar-refractivity contribution in [2.45, 2.75) is 17.6 Å². The SMILES string of the molecule is Nc1nc(/C(=N\O)C(=O)NC2C(=O)N3C(C(=O)O)=C(/C=C/c4cnc(C(F)(F)F)s4)CS[C@H]23)cs1.[H-].[Na+]. The molecule has 0 spiro atoms. The van der Waals surface area contributed by atoms with Crippen molar-refractivity contribution in [1.29, 1.82) is 0 Å². The predicted octanol–water partition coefficient (Wildman–Crippen LogP) is -1.05. The van der Waals surface area contributed by atoms with Crippen LogP contribution < -0.4 is 40.6 Å². The number of nitrogens with two attached hydrogens (primary N) is 1. The summed E-state index contributed by atoms with van der Waals surface area (Å²) in [7, 11) is 0. The maximum Gasteiger partial charge on any atom is 1.00 e. The zero-order chi connectivity index (χ0) is 25.5. The van der Waals surface area contributed by atoms with Crippen LogP contribution in [0.3, 0.4) is 0 Å². The van der Waals surface area contributed by atoms with Gasteiger partial charge in [0.05, 0.1) is 0 Å². The molecule has 4 heterocycles. The number of aromatic nitrogens is 2. The van der Waals surface area contributed by atoms with Gasteiger partial charge in [0.25, 0.3) is 11.8 Å². The Kier molecular flexibility index (Phi) is 8.51. The number of carboxylic acids is 1. The van der Waals surface area contributed by atoms with Crippen LogP contribution >= 0.6 is 34.4 Å². The van der Waals surface area contributed by atoms with Crippen molar-refractivity contribution in [3.8, 4) is 0 Å². The van der Waals surface area contributed by atoms with E-state index in [0.29, 0.717) is 11.3 Å². The standard InChI is InChI=1S/C18H13F3N6O5S3.Na.H/c19-18(20,21)16-23-3-7(35-16)2-1-6-4-33-14-10(13(29)27(14)11(6)15(30)31)25-12(28)9(26-32)8-5-34-17(22)24-8;;/h1-3,5,10,14,32H,4H2,(H2,22,24)(H,25,28)(H,30,31);;/q;+1;-1/b2-1+,26-9+;;/t10?,14-;;/m1../s1. The Morgan fingerprint density at radius 3 is 2.64 bits per heavy atom. The second kappa shape index (κ2) is 10.9. The number of carbonyl (C=O) groups is 3. The summed E-state index contributed by atoms with van der Waals surface area (Å²) in [6.07, 6.45) is -0.964. The van der Waals surface area contributed by atoms with Crippen molar-refractivity contribution in [3.63, 3.8) is 0 Å². The molecule has 0 aliphatic carbocycles. The van der Waals surface area contributed by atoms with Gasteiger partial charge in [-0.3, -0.25) is 14.5 Å². The third-order valence-electron chi connectivity index (χ3n) is 4.78. The Hall–Kier alpha value is -2.44. The summed E-state index contributed by atoms with van der Waals surface area (Å²) in [5.41, 5.74) is 4.91. The minimum absolute atomic E-state index is 0. The van der Waals surface area contributed by atoms with Crippen LogP contribution in [-0.2, 0) is 20.6 Å². The van der Waals surface area contributed by atoms with Crippen LogP contribution in [0.2, 0.25) is 0 Å². The number of hydrogen-bond acceptors (Lipinski definition) is 11. The van der Waals surface area contributed by atoms with Gasteiger partial charge in [-0.1, -0.05) is 11.2 Å². The first kappa shape index (κ1) is 28.1. The number of β-lactam (4-membered cyclic amide) rings is 1. The van der Waals surface area contributed by atoms with Gasteiger partial charge < -0.3 is 22.8 Å². The van der Waals surface area contributed by atoms with Crippen molar-refractivity contribution >= 4 is 69.1 Å². The zero-order valence-electron chi connectivity index (χ0n) is 19.0. The smallest absolute Gasteiger partial charge is 1.00 e. The molecule has 186 valence electrons. The summed E-state index contributed by atoms with van der Waals surface area (Å²) >= 11 is 2.55. The van der Waals surface area contributed by atoms with E-state index >= 15 is 0 Å². The third kappa shape index (κ3) is 5.45. The Morgan fingerprint density at radius 1 is 1.36 bits per heavy atom. The van der Waals surface area contributed by atoms with Crippen molar-refractivity contribution in [2.24, 2.45) is 5.16 Å². The van der Waals surface area contributed by atoms with Crippen LogP contribution in [-0.4, -0.2) is 65.8 Å². The summed E-state index contributed by atoms with van der Waals surface area (Å²) in [4.78, 5) is 45.5. The second-order valence-corrected chi connectivity index (χ2v) is 10.0. The molecule has 0 saturated carbocycles. The number of nitrogens with zero attached hydrogens (tertiary/aromatic N) is 4. The van der Waals surface area contributed by atoms with Gasteiger partial charge in [-0.15, -0.1) is 34.4 Å². The summed E-state index contributed by atoms with van der Waals surface area (Å²) in [6, 6.07) is -1.10. The molecule has 36 heavy (non-hydrogen) atoms. The quantitative estimate of drug-likeness (QED) is 0.111. The number of allylic oxidation sites excluding steroid dienone is 1. The van der Waals surface area contributed by atoms with Crippen LogP contribution in [0.15, 0.2) is 34.1 Å². The topological polar surface area (TPSA) is 171 Å². The van der Waals surface area contributed by atoms with Crippen LogP contribution in [0.1, 0.15) is 17.0 Å². The average molecular weight is 571 g/mol. The third-order valence-corrected chi connectivity index (χ3v) is 7.76. The van der Waals surface area contributed by atoms with E-state index in [9.17, 15) is 37.9 Å². The number of fused-ring (bicyclic) bond motifs is 1. The number of amides is 2. The number of halogens is 3. The van der Waals surface area contributed by atoms with Gasteiger partial charge in [-0.25, -0.2) is 14.8 Å². The molecule has 11 nitrogen and oxygen atoms in total. The molecule has 0 aromatic carbocycles. The molecule has 5 N–H and O–H groups in total. The van der Waals surface area contributed by atoms with E-state index in [4.69, 9.17) is 5.73 Å². The molecule has 1 saturated heterocycles. The molecular weight excluding hydrogens is 556 g/mol. The summed E-state index contributed by atoms with van der Waals surface area (Å²) in [5.74, 6) is -2.93. The number of aliphatic carboxylic acids is 1. The van der Waals surface area contributed by atoms with E-state index in [1.54, 1.807) is 0 Å². The fraction of sp³-hybridized carbons (Fsp3) is 0.222. The molecule has 2 aliphatic rings. The maximum atomic E-state index is 12.7. The Bertz CT molecular complexity index is 1310. The largest absolute Gasteiger partial charge is 1.00 e. The molecule has 0 radical (unpaired) electrons. The number of oxime groups is 1. The number of carboxylic acid groups (broad SMARTS) is 1. The minimum atomic E-state index is -4.59. The van der Waals surface area contributed by atoms with E-state index in [1.807, 2.05) is 0 Å². The van der Waals surface area contributed by atoms with E-state index in [2.05, 4.69) is 20.4 Å². The van der Waals surface area contributed by atoms with Gasteiger partial charge in [0.15, 0.2) is 15.9 Å². The number of alkyl halides is 3. The Labute approximate surface area is 235 Å². The van der Waals surface area contributed by atoms with Crippen molar-refractivity contribution < 1.29 is 68.9 Å². The molecule has 2 aliphatic heterocycles.